The molecule has 1 N–H and O–H groups in total. The van der Waals surface area contributed by atoms with Crippen LogP contribution in [0.1, 0.15) is 45.4 Å². The normalized spacial score (nSPS) is 18.7. The van der Waals surface area contributed by atoms with Gasteiger partial charge in [-0.05, 0) is 12.8 Å². The number of carbonyl (C=O) groups is 3. The van der Waals surface area contributed by atoms with Crippen molar-refractivity contribution < 1.29 is 19.5 Å². The number of carboxylic acids is 1. The van der Waals surface area contributed by atoms with Gasteiger partial charge in [-0.1, -0.05) is 19.8 Å². The third-order valence-electron chi connectivity index (χ3n) is 3.15. The maximum absolute atomic E-state index is 11.4. The number of aliphatic carboxylic acids is 1. The second-order valence-corrected chi connectivity index (χ2v) is 4.17. The van der Waals surface area contributed by atoms with Crippen molar-refractivity contribution in [3.05, 3.63) is 0 Å². The Balaban J connectivity index is 2.72. The molecule has 0 saturated heterocycles. The average Bonchev–Trinajstić information content (AvgIpc) is 2.66. The van der Waals surface area contributed by atoms with Crippen LogP contribution in [0, 0.1) is 5.41 Å². The van der Waals surface area contributed by atoms with Crippen LogP contribution in [0.3, 0.4) is 0 Å². The van der Waals surface area contributed by atoms with Crippen LogP contribution < -0.4 is 0 Å². The molecule has 1 aliphatic carbocycles. The highest BCUT2D eigenvalue weighted by atomic mass is 16.4. The summed E-state index contributed by atoms with van der Waals surface area (Å²) in [6.45, 7) is 1.61. The second kappa shape index (κ2) is 4.55. The lowest BCUT2D eigenvalue weighted by Crippen LogP contribution is -2.32. The maximum Gasteiger partial charge on any atom is 0.310 e. The van der Waals surface area contributed by atoms with Gasteiger partial charge < -0.3 is 5.11 Å². The molecular weight excluding hydrogens is 196 g/mol. The van der Waals surface area contributed by atoms with Gasteiger partial charge in [0, 0.05) is 12.8 Å². The minimum absolute atomic E-state index is 0.116. The predicted octanol–water partition coefficient (Wildman–Crippen LogP) is 1.57. The molecule has 4 heteroatoms. The summed E-state index contributed by atoms with van der Waals surface area (Å²) in [4.78, 5) is 33.7. The summed E-state index contributed by atoms with van der Waals surface area (Å²) < 4.78 is 0. The van der Waals surface area contributed by atoms with Crippen molar-refractivity contribution in [1.82, 2.24) is 0 Å². The largest absolute Gasteiger partial charge is 0.481 e. The number of carboxylic acid groups (broad SMARTS) is 1. The molecule has 1 fully saturated rings. The van der Waals surface area contributed by atoms with Crippen molar-refractivity contribution in [3.63, 3.8) is 0 Å². The van der Waals surface area contributed by atoms with Gasteiger partial charge in [0.1, 0.15) is 0 Å². The van der Waals surface area contributed by atoms with E-state index in [1.54, 1.807) is 6.92 Å². The molecule has 0 amide bonds. The highest BCUT2D eigenvalue weighted by Gasteiger charge is 2.43. The molecular formula is C11H16O4. The first-order valence-electron chi connectivity index (χ1n) is 5.31. The van der Waals surface area contributed by atoms with Crippen molar-refractivity contribution in [2.75, 3.05) is 0 Å². The number of ketones is 2. The fraction of sp³-hybridized carbons (Fsp3) is 0.727. The summed E-state index contributed by atoms with van der Waals surface area (Å²) in [7, 11) is 0. The van der Waals surface area contributed by atoms with E-state index in [2.05, 4.69) is 0 Å². The molecule has 1 aliphatic rings. The number of Topliss-reactive ketones (excluding diaryl/α,β-unsaturated/α-hetero) is 2. The summed E-state index contributed by atoms with van der Waals surface area (Å²) in [6, 6.07) is 0. The minimum atomic E-state index is -0.956. The average molecular weight is 212 g/mol. The summed E-state index contributed by atoms with van der Waals surface area (Å²) >= 11 is 0. The predicted molar refractivity (Wildman–Crippen MR) is 53.5 cm³/mol. The van der Waals surface area contributed by atoms with E-state index in [0.29, 0.717) is 12.8 Å². The van der Waals surface area contributed by atoms with Crippen LogP contribution >= 0.6 is 0 Å². The van der Waals surface area contributed by atoms with Crippen LogP contribution in [0.15, 0.2) is 0 Å². The fourth-order valence-electron chi connectivity index (χ4n) is 2.12. The lowest BCUT2D eigenvalue weighted by molar-refractivity contribution is -0.152. The van der Waals surface area contributed by atoms with E-state index >= 15 is 0 Å². The first kappa shape index (κ1) is 11.9. The molecule has 0 heterocycles. The van der Waals surface area contributed by atoms with Crippen molar-refractivity contribution in [1.29, 1.82) is 0 Å². The van der Waals surface area contributed by atoms with Gasteiger partial charge in [-0.3, -0.25) is 14.4 Å². The lowest BCUT2D eigenvalue weighted by Gasteiger charge is -2.22. The molecule has 4 nitrogen and oxygen atoms in total. The van der Waals surface area contributed by atoms with Gasteiger partial charge >= 0.3 is 5.97 Å². The molecule has 1 saturated carbocycles. The molecule has 0 aromatic rings. The van der Waals surface area contributed by atoms with E-state index in [9.17, 15) is 14.4 Å². The molecule has 0 aromatic heterocycles. The molecule has 1 rings (SSSR count). The van der Waals surface area contributed by atoms with Crippen LogP contribution in [0.2, 0.25) is 0 Å². The zero-order chi connectivity index (χ0) is 11.5. The molecule has 0 atom stereocenters. The quantitative estimate of drug-likeness (QED) is 0.702. The Hall–Kier alpha value is -1.19. The summed E-state index contributed by atoms with van der Waals surface area (Å²) in [5, 5.41) is 9.10. The SMILES string of the molecule is CCC(=O)C(=O)CC1(C(=O)O)CCCC1. The Kier molecular flexibility index (Phi) is 3.61. The van der Waals surface area contributed by atoms with Gasteiger partial charge in [-0.25, -0.2) is 0 Å². The fourth-order valence-corrected chi connectivity index (χ4v) is 2.12. The molecule has 84 valence electrons. The van der Waals surface area contributed by atoms with E-state index in [1.807, 2.05) is 0 Å². The Bertz CT molecular complexity index is 287. The first-order chi connectivity index (χ1) is 7.02. The molecule has 0 aliphatic heterocycles. The van der Waals surface area contributed by atoms with Gasteiger partial charge in [0.15, 0.2) is 11.6 Å². The zero-order valence-electron chi connectivity index (χ0n) is 8.91. The van der Waals surface area contributed by atoms with Gasteiger partial charge in [0.05, 0.1) is 5.41 Å². The summed E-state index contributed by atoms with van der Waals surface area (Å²) in [6.07, 6.45) is 2.75. The number of carbonyl (C=O) groups excluding carboxylic acids is 2. The van der Waals surface area contributed by atoms with E-state index in [0.717, 1.165) is 12.8 Å². The van der Waals surface area contributed by atoms with Gasteiger partial charge in [0.2, 0.25) is 0 Å². The number of hydrogen-bond donors (Lipinski definition) is 1. The third kappa shape index (κ3) is 2.43. The van der Waals surface area contributed by atoms with E-state index in [1.165, 1.54) is 0 Å². The third-order valence-corrected chi connectivity index (χ3v) is 3.15. The lowest BCUT2D eigenvalue weighted by atomic mass is 9.80. The van der Waals surface area contributed by atoms with Crippen molar-refractivity contribution in [2.24, 2.45) is 5.41 Å². The van der Waals surface area contributed by atoms with E-state index < -0.39 is 23.0 Å². The first-order valence-corrected chi connectivity index (χ1v) is 5.31. The second-order valence-electron chi connectivity index (χ2n) is 4.17. The monoisotopic (exact) mass is 212 g/mol. The van der Waals surface area contributed by atoms with Gasteiger partial charge in [-0.2, -0.15) is 0 Å². The number of hydrogen-bond acceptors (Lipinski definition) is 3. The standard InChI is InChI=1S/C11H16O4/c1-2-8(12)9(13)7-11(10(14)15)5-3-4-6-11/h2-7H2,1H3,(H,14,15). The van der Waals surface area contributed by atoms with Crippen LogP contribution in [0.5, 0.6) is 0 Å². The van der Waals surface area contributed by atoms with Crippen molar-refractivity contribution >= 4 is 17.5 Å². The topological polar surface area (TPSA) is 71.4 Å². The zero-order valence-corrected chi connectivity index (χ0v) is 8.91. The summed E-state index contributed by atoms with van der Waals surface area (Å²) in [5.41, 5.74) is -0.956. The maximum atomic E-state index is 11.4. The molecule has 0 radical (unpaired) electrons. The van der Waals surface area contributed by atoms with Crippen LogP contribution in [0.25, 0.3) is 0 Å². The Morgan fingerprint density at radius 1 is 1.13 bits per heavy atom. The molecule has 0 unspecified atom stereocenters. The van der Waals surface area contributed by atoms with Crippen LogP contribution in [-0.2, 0) is 14.4 Å². The highest BCUT2D eigenvalue weighted by molar-refractivity contribution is 6.37. The van der Waals surface area contributed by atoms with E-state index in [4.69, 9.17) is 5.11 Å². The van der Waals surface area contributed by atoms with Crippen LogP contribution in [-0.4, -0.2) is 22.6 Å². The molecule has 0 spiro atoms. The Morgan fingerprint density at radius 2 is 1.67 bits per heavy atom. The van der Waals surface area contributed by atoms with Crippen molar-refractivity contribution in [2.45, 2.75) is 45.4 Å². The number of rotatable bonds is 5. The smallest absolute Gasteiger partial charge is 0.310 e. The minimum Gasteiger partial charge on any atom is -0.481 e. The van der Waals surface area contributed by atoms with Gasteiger partial charge in [-0.15, -0.1) is 0 Å². The Labute approximate surface area is 88.7 Å². The Morgan fingerprint density at radius 3 is 2.07 bits per heavy atom. The van der Waals surface area contributed by atoms with Crippen molar-refractivity contribution in [3.8, 4) is 0 Å². The highest BCUT2D eigenvalue weighted by Crippen LogP contribution is 2.41. The molecule has 0 bridgehead atoms. The van der Waals surface area contributed by atoms with Crippen LogP contribution in [0.4, 0.5) is 0 Å². The van der Waals surface area contributed by atoms with E-state index in [-0.39, 0.29) is 12.8 Å². The molecule has 0 aromatic carbocycles. The van der Waals surface area contributed by atoms with Gasteiger partial charge in [0.25, 0.3) is 0 Å². The molecule has 15 heavy (non-hydrogen) atoms. The summed E-state index contributed by atoms with van der Waals surface area (Å²) in [5.74, 6) is -1.92.